The lowest BCUT2D eigenvalue weighted by atomic mass is 10.0. The highest BCUT2D eigenvalue weighted by atomic mass is 19.4. The summed E-state index contributed by atoms with van der Waals surface area (Å²) < 4.78 is 45.5. The van der Waals surface area contributed by atoms with E-state index in [4.69, 9.17) is 6.57 Å². The fraction of sp³-hybridized carbons (Fsp3) is 0.289. The van der Waals surface area contributed by atoms with E-state index >= 15 is 0 Å². The number of hydrogen-bond acceptors (Lipinski definition) is 4. The third kappa shape index (κ3) is 7.54. The van der Waals surface area contributed by atoms with Gasteiger partial charge in [0.25, 0.3) is 17.4 Å². The Labute approximate surface area is 298 Å². The lowest BCUT2D eigenvalue weighted by Gasteiger charge is -2.35. The van der Waals surface area contributed by atoms with Crippen molar-refractivity contribution in [1.29, 1.82) is 0 Å². The SMILES string of the molecule is [C-]#[N+]c1ccc(-n2nccc2-c2c(C(=O)NC3CCN(C(=O)C[N+](C)(C)Cc4ccccc4)CC3)c(=O)n(-c3cccc(C(F)(F)F)c3)n2C)cc1. The molecule has 1 aliphatic rings. The summed E-state index contributed by atoms with van der Waals surface area (Å²) in [6, 6.07) is 22.1. The zero-order valence-electron chi connectivity index (χ0n) is 29.0. The van der Waals surface area contributed by atoms with Gasteiger partial charge in [-0.1, -0.05) is 48.5 Å². The second kappa shape index (κ2) is 14.4. The third-order valence-corrected chi connectivity index (χ3v) is 9.22. The summed E-state index contributed by atoms with van der Waals surface area (Å²) in [7, 11) is 5.51. The molecule has 3 heterocycles. The van der Waals surface area contributed by atoms with Gasteiger partial charge in [-0.15, -0.1) is 0 Å². The van der Waals surface area contributed by atoms with Gasteiger partial charge in [0.15, 0.2) is 12.2 Å². The fourth-order valence-corrected chi connectivity index (χ4v) is 6.70. The minimum Gasteiger partial charge on any atom is -0.349 e. The van der Waals surface area contributed by atoms with E-state index in [9.17, 15) is 27.6 Å². The lowest BCUT2D eigenvalue weighted by molar-refractivity contribution is -0.896. The molecule has 0 aliphatic carbocycles. The van der Waals surface area contributed by atoms with Gasteiger partial charge in [0, 0.05) is 31.7 Å². The molecule has 0 atom stereocenters. The van der Waals surface area contributed by atoms with Crippen molar-refractivity contribution in [2.75, 3.05) is 33.7 Å². The molecule has 52 heavy (non-hydrogen) atoms. The Hall–Kier alpha value is -5.94. The van der Waals surface area contributed by atoms with Gasteiger partial charge >= 0.3 is 6.18 Å². The molecule has 1 N–H and O–H groups in total. The van der Waals surface area contributed by atoms with Crippen LogP contribution in [0.2, 0.25) is 0 Å². The monoisotopic (exact) mass is 711 g/mol. The fourth-order valence-electron chi connectivity index (χ4n) is 6.70. The van der Waals surface area contributed by atoms with Crippen LogP contribution < -0.4 is 10.9 Å². The Morgan fingerprint density at radius 1 is 0.962 bits per heavy atom. The first-order valence-electron chi connectivity index (χ1n) is 16.7. The number of carbonyl (C=O) groups is 2. The Morgan fingerprint density at radius 2 is 1.65 bits per heavy atom. The van der Waals surface area contributed by atoms with Crippen molar-refractivity contribution in [3.63, 3.8) is 0 Å². The zero-order valence-corrected chi connectivity index (χ0v) is 29.0. The Bertz CT molecular complexity index is 2190. The van der Waals surface area contributed by atoms with Crippen LogP contribution in [-0.2, 0) is 24.6 Å². The average Bonchev–Trinajstić information content (AvgIpc) is 3.69. The number of piperidine rings is 1. The molecule has 1 fully saturated rings. The third-order valence-electron chi connectivity index (χ3n) is 9.22. The van der Waals surface area contributed by atoms with E-state index in [1.165, 1.54) is 34.7 Å². The van der Waals surface area contributed by atoms with Crippen LogP contribution in [0, 0.1) is 6.57 Å². The minimum atomic E-state index is -4.66. The molecule has 6 rings (SSSR count). The van der Waals surface area contributed by atoms with E-state index in [1.54, 1.807) is 35.2 Å². The summed E-state index contributed by atoms with van der Waals surface area (Å²) in [5.74, 6) is -0.680. The standard InChI is InChI=1S/C38H37F3N8O3/c1-42-28-13-15-30(16-14-28)47-32(17-20-43-47)35-34(37(52)48(45(35)2)31-12-8-11-27(23-31)38(39,40)41)36(51)44-29-18-21-46(22-19-29)33(50)25-49(3,4)24-26-9-6-5-7-10-26/h5-17,20,23,29H,18-19,21-22,24-25H2,2-4H3/p+1. The van der Waals surface area contributed by atoms with Crippen LogP contribution in [0.3, 0.4) is 0 Å². The second-order valence-corrected chi connectivity index (χ2v) is 13.5. The topological polar surface area (TPSA) is 98.5 Å². The maximum absolute atomic E-state index is 14.2. The van der Waals surface area contributed by atoms with Gasteiger partial charge in [-0.25, -0.2) is 14.2 Å². The number of aromatic nitrogens is 4. The normalized spacial score (nSPS) is 13.9. The summed E-state index contributed by atoms with van der Waals surface area (Å²) >= 11 is 0. The van der Waals surface area contributed by atoms with Gasteiger partial charge in [-0.2, -0.15) is 18.3 Å². The number of carbonyl (C=O) groups excluding carboxylic acids is 2. The van der Waals surface area contributed by atoms with E-state index in [2.05, 4.69) is 15.3 Å². The van der Waals surface area contributed by atoms with Crippen molar-refractivity contribution in [1.82, 2.24) is 29.4 Å². The number of nitrogens with one attached hydrogen (secondary N) is 1. The number of likely N-dealkylation sites (tertiary alicyclic amines) is 1. The van der Waals surface area contributed by atoms with E-state index in [0.717, 1.165) is 22.4 Å². The maximum Gasteiger partial charge on any atom is 0.416 e. The summed E-state index contributed by atoms with van der Waals surface area (Å²) in [5.41, 5.74) is 0.462. The minimum absolute atomic E-state index is 0.0118. The van der Waals surface area contributed by atoms with Crippen molar-refractivity contribution in [2.24, 2.45) is 7.05 Å². The number of hydrogen-bond donors (Lipinski definition) is 1. The maximum atomic E-state index is 14.2. The molecule has 2 amide bonds. The van der Waals surface area contributed by atoms with E-state index in [0.29, 0.717) is 60.6 Å². The molecule has 0 radical (unpaired) electrons. The molecule has 0 bridgehead atoms. The van der Waals surface area contributed by atoms with Crippen LogP contribution >= 0.6 is 0 Å². The van der Waals surface area contributed by atoms with Crippen molar-refractivity contribution < 1.29 is 27.2 Å². The molecule has 268 valence electrons. The summed E-state index contributed by atoms with van der Waals surface area (Å²) in [6.07, 6.45) is -2.26. The summed E-state index contributed by atoms with van der Waals surface area (Å²) in [5, 5.41) is 7.37. The lowest BCUT2D eigenvalue weighted by Crippen LogP contribution is -2.52. The first-order valence-corrected chi connectivity index (χ1v) is 16.7. The van der Waals surface area contributed by atoms with Gasteiger partial charge in [-0.05, 0) is 49.2 Å². The van der Waals surface area contributed by atoms with Gasteiger partial charge < -0.3 is 14.7 Å². The van der Waals surface area contributed by atoms with E-state index in [1.807, 2.05) is 44.4 Å². The highest BCUT2D eigenvalue weighted by Gasteiger charge is 2.34. The van der Waals surface area contributed by atoms with Crippen molar-refractivity contribution in [3.05, 3.63) is 130 Å². The molecule has 14 heteroatoms. The van der Waals surface area contributed by atoms with Crippen LogP contribution in [0.15, 0.2) is 95.9 Å². The number of benzene rings is 3. The molecular weight excluding hydrogens is 673 g/mol. The predicted molar refractivity (Wildman–Crippen MR) is 189 cm³/mol. The smallest absolute Gasteiger partial charge is 0.349 e. The highest BCUT2D eigenvalue weighted by Crippen LogP contribution is 2.32. The zero-order chi connectivity index (χ0) is 37.2. The molecule has 2 aromatic heterocycles. The largest absolute Gasteiger partial charge is 0.416 e. The van der Waals surface area contributed by atoms with Crippen LogP contribution in [0.5, 0.6) is 0 Å². The van der Waals surface area contributed by atoms with Crippen LogP contribution in [-0.4, -0.2) is 80.1 Å². The van der Waals surface area contributed by atoms with Crippen LogP contribution in [0.25, 0.3) is 27.6 Å². The predicted octanol–water partition coefficient (Wildman–Crippen LogP) is 5.60. The summed E-state index contributed by atoms with van der Waals surface area (Å²) in [6.45, 7) is 9.10. The van der Waals surface area contributed by atoms with Crippen LogP contribution in [0.1, 0.15) is 34.3 Å². The van der Waals surface area contributed by atoms with E-state index < -0.39 is 23.2 Å². The Balaban J connectivity index is 1.27. The second-order valence-electron chi connectivity index (χ2n) is 13.5. The quantitative estimate of drug-likeness (QED) is 0.159. The molecule has 11 nitrogen and oxygen atoms in total. The molecular formula is C38H38F3N8O3+. The van der Waals surface area contributed by atoms with Crippen molar-refractivity contribution in [3.8, 4) is 22.8 Å². The molecule has 1 saturated heterocycles. The first kappa shape index (κ1) is 35.9. The number of likely N-dealkylation sites (N-methyl/N-ethyl adjacent to an activating group) is 1. The van der Waals surface area contributed by atoms with Crippen molar-refractivity contribution >= 4 is 17.5 Å². The number of quaternary nitrogens is 1. The van der Waals surface area contributed by atoms with E-state index in [-0.39, 0.29) is 28.9 Å². The Morgan fingerprint density at radius 3 is 2.31 bits per heavy atom. The van der Waals surface area contributed by atoms with Gasteiger partial charge in [0.2, 0.25) is 0 Å². The van der Waals surface area contributed by atoms with Crippen molar-refractivity contribution in [2.45, 2.75) is 31.6 Å². The Kier molecular flexibility index (Phi) is 9.90. The molecule has 0 unspecified atom stereocenters. The average molecular weight is 712 g/mol. The first-order chi connectivity index (χ1) is 24.8. The number of halogens is 3. The molecule has 5 aromatic rings. The summed E-state index contributed by atoms with van der Waals surface area (Å²) in [4.78, 5) is 46.8. The van der Waals surface area contributed by atoms with Gasteiger partial charge in [0.05, 0.1) is 49.5 Å². The van der Waals surface area contributed by atoms with Gasteiger partial charge in [-0.3, -0.25) is 19.1 Å². The van der Waals surface area contributed by atoms with Crippen LogP contribution in [0.4, 0.5) is 18.9 Å². The number of rotatable bonds is 9. The molecule has 0 saturated carbocycles. The number of amides is 2. The molecule has 0 spiro atoms. The molecule has 3 aromatic carbocycles. The number of nitrogens with zero attached hydrogens (tertiary/aromatic N) is 7. The number of alkyl halides is 3. The highest BCUT2D eigenvalue weighted by molar-refractivity contribution is 6.00. The molecule has 1 aliphatic heterocycles. The van der Waals surface area contributed by atoms with Gasteiger partial charge in [0.1, 0.15) is 17.8 Å².